The second-order valence-corrected chi connectivity index (χ2v) is 9.86. The summed E-state index contributed by atoms with van der Waals surface area (Å²) in [6, 6.07) is 23.2. The van der Waals surface area contributed by atoms with E-state index < -0.39 is 22.5 Å². The number of hydrogen-bond acceptors (Lipinski definition) is 5. The lowest BCUT2D eigenvalue weighted by Gasteiger charge is -2.06. The highest BCUT2D eigenvalue weighted by Gasteiger charge is 2.15. The standard InChI is InChI=1S/C25H22ClN5O3S/c1-18-6-5-7-19(14-18)25-20(17-31(30-25)22-8-3-2-4-9-22)15-27-29-24(32)16-28-35(33,34)23-12-10-21(26)11-13-23/h2-15,17,28H,16H2,1H3,(H,29,32)/b27-15+. The fraction of sp³-hybridized carbons (Fsp3) is 0.0800. The van der Waals surface area contributed by atoms with Crippen molar-refractivity contribution < 1.29 is 13.2 Å². The predicted octanol–water partition coefficient (Wildman–Crippen LogP) is 3.93. The Kier molecular flexibility index (Phi) is 7.40. The van der Waals surface area contributed by atoms with Gasteiger partial charge in [0.05, 0.1) is 23.3 Å². The van der Waals surface area contributed by atoms with Crippen LogP contribution in [-0.2, 0) is 14.8 Å². The van der Waals surface area contributed by atoms with Crippen LogP contribution in [0.1, 0.15) is 11.1 Å². The molecule has 10 heteroatoms. The molecule has 4 rings (SSSR count). The van der Waals surface area contributed by atoms with Crippen molar-refractivity contribution in [3.05, 3.63) is 101 Å². The van der Waals surface area contributed by atoms with Crippen LogP contribution >= 0.6 is 11.6 Å². The smallest absolute Gasteiger partial charge is 0.255 e. The topological polar surface area (TPSA) is 105 Å². The van der Waals surface area contributed by atoms with E-state index in [0.717, 1.165) is 16.8 Å². The number of nitrogens with one attached hydrogen (secondary N) is 2. The maximum absolute atomic E-state index is 12.3. The van der Waals surface area contributed by atoms with Crippen molar-refractivity contribution >= 4 is 33.7 Å². The first-order valence-electron chi connectivity index (χ1n) is 10.6. The highest BCUT2D eigenvalue weighted by molar-refractivity contribution is 7.89. The van der Waals surface area contributed by atoms with Crippen molar-refractivity contribution in [2.45, 2.75) is 11.8 Å². The van der Waals surface area contributed by atoms with E-state index in [2.05, 4.69) is 15.2 Å². The third-order valence-corrected chi connectivity index (χ3v) is 6.66. The Balaban J connectivity index is 1.48. The van der Waals surface area contributed by atoms with E-state index in [1.54, 1.807) is 4.68 Å². The summed E-state index contributed by atoms with van der Waals surface area (Å²) in [5.41, 5.74) is 6.59. The molecule has 3 aromatic carbocycles. The monoisotopic (exact) mass is 507 g/mol. The van der Waals surface area contributed by atoms with Crippen molar-refractivity contribution in [2.75, 3.05) is 6.54 Å². The fourth-order valence-electron chi connectivity index (χ4n) is 3.28. The third kappa shape index (κ3) is 6.21. The molecule has 0 aliphatic carbocycles. The third-order valence-electron chi connectivity index (χ3n) is 4.99. The van der Waals surface area contributed by atoms with E-state index in [1.807, 2.05) is 67.7 Å². The molecule has 0 saturated carbocycles. The number of hydrogen-bond donors (Lipinski definition) is 2. The average Bonchev–Trinajstić information content (AvgIpc) is 3.28. The number of nitrogens with zero attached hydrogens (tertiary/aromatic N) is 3. The van der Waals surface area contributed by atoms with Crippen LogP contribution in [0.3, 0.4) is 0 Å². The molecule has 1 aromatic heterocycles. The number of carbonyl (C=O) groups is 1. The zero-order valence-electron chi connectivity index (χ0n) is 18.7. The molecule has 0 radical (unpaired) electrons. The Labute approximate surface area is 208 Å². The molecule has 4 aromatic rings. The van der Waals surface area contributed by atoms with Crippen LogP contribution in [0, 0.1) is 6.92 Å². The van der Waals surface area contributed by atoms with Crippen LogP contribution in [0.2, 0.25) is 5.02 Å². The molecule has 2 N–H and O–H groups in total. The lowest BCUT2D eigenvalue weighted by molar-refractivity contribution is -0.119. The van der Waals surface area contributed by atoms with Crippen molar-refractivity contribution in [3.63, 3.8) is 0 Å². The van der Waals surface area contributed by atoms with Gasteiger partial charge in [-0.3, -0.25) is 4.79 Å². The summed E-state index contributed by atoms with van der Waals surface area (Å²) in [6.07, 6.45) is 3.29. The number of hydrazone groups is 1. The Morgan fingerprint density at radius 3 is 2.51 bits per heavy atom. The van der Waals surface area contributed by atoms with E-state index >= 15 is 0 Å². The van der Waals surface area contributed by atoms with Crippen LogP contribution < -0.4 is 10.1 Å². The number of carbonyl (C=O) groups excluding carboxylic acids is 1. The normalized spacial score (nSPS) is 11.6. The summed E-state index contributed by atoms with van der Waals surface area (Å²) in [5.74, 6) is -0.619. The summed E-state index contributed by atoms with van der Waals surface area (Å²) in [6.45, 7) is 1.52. The molecular weight excluding hydrogens is 486 g/mol. The number of halogens is 1. The summed E-state index contributed by atoms with van der Waals surface area (Å²) < 4.78 is 28.6. The molecular formula is C25H22ClN5O3S. The van der Waals surface area contributed by atoms with Gasteiger partial charge in [-0.25, -0.2) is 23.2 Å². The van der Waals surface area contributed by atoms with E-state index in [9.17, 15) is 13.2 Å². The summed E-state index contributed by atoms with van der Waals surface area (Å²) in [4.78, 5) is 12.2. The number of rotatable bonds is 8. The maximum atomic E-state index is 12.3. The average molecular weight is 508 g/mol. The van der Waals surface area contributed by atoms with Gasteiger partial charge in [-0.1, -0.05) is 53.6 Å². The minimum atomic E-state index is -3.86. The first-order chi connectivity index (χ1) is 16.8. The van der Waals surface area contributed by atoms with Gasteiger partial charge in [-0.2, -0.15) is 10.2 Å². The maximum Gasteiger partial charge on any atom is 0.255 e. The lowest BCUT2D eigenvalue weighted by atomic mass is 10.1. The molecule has 1 heterocycles. The second kappa shape index (κ2) is 10.6. The van der Waals surface area contributed by atoms with Gasteiger partial charge >= 0.3 is 0 Å². The molecule has 1 amide bonds. The van der Waals surface area contributed by atoms with Crippen LogP contribution in [0.25, 0.3) is 16.9 Å². The van der Waals surface area contributed by atoms with Gasteiger partial charge in [0, 0.05) is 22.3 Å². The van der Waals surface area contributed by atoms with Crippen molar-refractivity contribution in [1.29, 1.82) is 0 Å². The molecule has 0 fully saturated rings. The van der Waals surface area contributed by atoms with Crippen LogP contribution in [0.5, 0.6) is 0 Å². The second-order valence-electron chi connectivity index (χ2n) is 7.65. The number of aryl methyl sites for hydroxylation is 1. The van der Waals surface area contributed by atoms with Crippen LogP contribution in [-0.4, -0.2) is 36.9 Å². The Morgan fingerprint density at radius 1 is 1.06 bits per heavy atom. The van der Waals surface area contributed by atoms with Crippen LogP contribution in [0.15, 0.2) is 95.1 Å². The lowest BCUT2D eigenvalue weighted by Crippen LogP contribution is -2.34. The molecule has 0 aliphatic heterocycles. The highest BCUT2D eigenvalue weighted by atomic mass is 35.5. The number of amides is 1. The molecule has 8 nitrogen and oxygen atoms in total. The molecule has 0 bridgehead atoms. The van der Waals surface area contributed by atoms with Crippen molar-refractivity contribution in [1.82, 2.24) is 19.9 Å². The highest BCUT2D eigenvalue weighted by Crippen LogP contribution is 2.23. The van der Waals surface area contributed by atoms with Gasteiger partial charge in [0.25, 0.3) is 5.91 Å². The summed E-state index contributed by atoms with van der Waals surface area (Å²) >= 11 is 5.79. The molecule has 0 aliphatic rings. The van der Waals surface area contributed by atoms with Gasteiger partial charge in [0.2, 0.25) is 10.0 Å². The van der Waals surface area contributed by atoms with Gasteiger partial charge in [0.1, 0.15) is 5.69 Å². The van der Waals surface area contributed by atoms with Crippen molar-refractivity contribution in [2.24, 2.45) is 5.10 Å². The molecule has 35 heavy (non-hydrogen) atoms. The number of benzene rings is 3. The zero-order chi connectivity index (χ0) is 24.8. The van der Waals surface area contributed by atoms with E-state index in [-0.39, 0.29) is 4.90 Å². The molecule has 0 spiro atoms. The predicted molar refractivity (Wildman–Crippen MR) is 136 cm³/mol. The van der Waals surface area contributed by atoms with Crippen molar-refractivity contribution in [3.8, 4) is 16.9 Å². The first kappa shape index (κ1) is 24.3. The number of sulfonamides is 1. The number of aromatic nitrogens is 2. The SMILES string of the molecule is Cc1cccc(-c2nn(-c3ccccc3)cc2/C=N/NC(=O)CNS(=O)(=O)c2ccc(Cl)cc2)c1. The Bertz CT molecular complexity index is 1470. The van der Waals surface area contributed by atoms with E-state index in [4.69, 9.17) is 16.7 Å². The summed E-state index contributed by atoms with van der Waals surface area (Å²) in [5, 5.41) is 9.14. The van der Waals surface area contributed by atoms with E-state index in [1.165, 1.54) is 30.5 Å². The van der Waals surface area contributed by atoms with Gasteiger partial charge in [0.15, 0.2) is 0 Å². The molecule has 0 saturated heterocycles. The van der Waals surface area contributed by atoms with E-state index in [0.29, 0.717) is 16.3 Å². The summed E-state index contributed by atoms with van der Waals surface area (Å²) in [7, 11) is -3.86. The fourth-order valence-corrected chi connectivity index (χ4v) is 4.39. The van der Waals surface area contributed by atoms with Crippen LogP contribution in [0.4, 0.5) is 0 Å². The first-order valence-corrected chi connectivity index (χ1v) is 12.5. The minimum absolute atomic E-state index is 0.00863. The largest absolute Gasteiger partial charge is 0.272 e. The number of para-hydroxylation sites is 1. The van der Waals surface area contributed by atoms with Gasteiger partial charge < -0.3 is 0 Å². The molecule has 0 unspecified atom stereocenters. The van der Waals surface area contributed by atoms with Gasteiger partial charge in [-0.05, 0) is 49.4 Å². The molecule has 178 valence electrons. The Morgan fingerprint density at radius 2 is 1.80 bits per heavy atom. The quantitative estimate of drug-likeness (QED) is 0.278. The van der Waals surface area contributed by atoms with Gasteiger partial charge in [-0.15, -0.1) is 0 Å². The zero-order valence-corrected chi connectivity index (χ0v) is 20.3. The molecule has 0 atom stereocenters. The Hall–Kier alpha value is -3.79. The minimum Gasteiger partial charge on any atom is -0.272 e.